The SMILES string of the molecule is CCCCNC(=O)N(CCc1c[nH]c2ccccc12)Cc1ccncc1. The fraction of sp³-hybridized carbons (Fsp3) is 0.333. The lowest BCUT2D eigenvalue weighted by atomic mass is 10.1. The van der Waals surface area contributed by atoms with E-state index < -0.39 is 0 Å². The van der Waals surface area contributed by atoms with E-state index in [0.717, 1.165) is 36.9 Å². The van der Waals surface area contributed by atoms with Crippen LogP contribution in [0.5, 0.6) is 0 Å². The molecule has 3 aromatic rings. The topological polar surface area (TPSA) is 61.0 Å². The van der Waals surface area contributed by atoms with Gasteiger partial charge in [-0.1, -0.05) is 31.5 Å². The maximum atomic E-state index is 12.6. The average molecular weight is 350 g/mol. The maximum absolute atomic E-state index is 12.6. The van der Waals surface area contributed by atoms with Crippen molar-refractivity contribution in [3.05, 3.63) is 66.1 Å². The van der Waals surface area contributed by atoms with Crippen molar-refractivity contribution < 1.29 is 4.79 Å². The van der Waals surface area contributed by atoms with E-state index in [-0.39, 0.29) is 6.03 Å². The third-order valence-corrected chi connectivity index (χ3v) is 4.54. The van der Waals surface area contributed by atoms with Crippen molar-refractivity contribution in [3.8, 4) is 0 Å². The van der Waals surface area contributed by atoms with E-state index in [9.17, 15) is 4.79 Å². The van der Waals surface area contributed by atoms with Crippen LogP contribution in [0.1, 0.15) is 30.9 Å². The summed E-state index contributed by atoms with van der Waals surface area (Å²) in [4.78, 5) is 21.9. The monoisotopic (exact) mass is 350 g/mol. The first-order valence-electron chi connectivity index (χ1n) is 9.24. The van der Waals surface area contributed by atoms with Crippen LogP contribution in [0.4, 0.5) is 4.79 Å². The van der Waals surface area contributed by atoms with Crippen molar-refractivity contribution >= 4 is 16.9 Å². The number of fused-ring (bicyclic) bond motifs is 1. The van der Waals surface area contributed by atoms with E-state index in [1.807, 2.05) is 35.4 Å². The van der Waals surface area contributed by atoms with Crippen molar-refractivity contribution in [2.45, 2.75) is 32.7 Å². The van der Waals surface area contributed by atoms with Gasteiger partial charge in [-0.3, -0.25) is 4.98 Å². The third kappa shape index (κ3) is 4.63. The zero-order valence-corrected chi connectivity index (χ0v) is 15.2. The number of rotatable bonds is 8. The van der Waals surface area contributed by atoms with Gasteiger partial charge < -0.3 is 15.2 Å². The minimum atomic E-state index is -0.00453. The number of carbonyl (C=O) groups is 1. The van der Waals surface area contributed by atoms with Crippen LogP contribution >= 0.6 is 0 Å². The number of benzene rings is 1. The Morgan fingerprint density at radius 1 is 1.19 bits per heavy atom. The molecule has 1 aromatic carbocycles. The number of nitrogens with zero attached hydrogens (tertiary/aromatic N) is 2. The van der Waals surface area contributed by atoms with Crippen molar-refractivity contribution in [2.75, 3.05) is 13.1 Å². The molecule has 0 saturated carbocycles. The first kappa shape index (κ1) is 18.0. The van der Waals surface area contributed by atoms with E-state index in [2.05, 4.69) is 34.3 Å². The highest BCUT2D eigenvalue weighted by Crippen LogP contribution is 2.18. The van der Waals surface area contributed by atoms with Gasteiger partial charge in [0.1, 0.15) is 0 Å². The summed E-state index contributed by atoms with van der Waals surface area (Å²) in [7, 11) is 0. The van der Waals surface area contributed by atoms with E-state index >= 15 is 0 Å². The van der Waals surface area contributed by atoms with E-state index in [0.29, 0.717) is 13.1 Å². The number of para-hydroxylation sites is 1. The quantitative estimate of drug-likeness (QED) is 0.600. The Balaban J connectivity index is 1.69. The minimum Gasteiger partial charge on any atom is -0.361 e. The lowest BCUT2D eigenvalue weighted by molar-refractivity contribution is 0.195. The molecular formula is C21H26N4O. The molecule has 2 heterocycles. The molecule has 0 atom stereocenters. The van der Waals surface area contributed by atoms with E-state index in [1.165, 1.54) is 10.9 Å². The summed E-state index contributed by atoms with van der Waals surface area (Å²) in [5, 5.41) is 4.26. The Morgan fingerprint density at radius 2 is 2.00 bits per heavy atom. The van der Waals surface area contributed by atoms with Crippen molar-refractivity contribution in [1.82, 2.24) is 20.2 Å². The number of urea groups is 1. The van der Waals surface area contributed by atoms with Crippen molar-refractivity contribution in [1.29, 1.82) is 0 Å². The predicted octanol–water partition coefficient (Wildman–Crippen LogP) is 4.12. The predicted molar refractivity (Wildman–Crippen MR) is 105 cm³/mol. The fourth-order valence-corrected chi connectivity index (χ4v) is 3.04. The zero-order chi connectivity index (χ0) is 18.2. The number of hydrogen-bond donors (Lipinski definition) is 2. The molecule has 136 valence electrons. The molecule has 26 heavy (non-hydrogen) atoms. The molecule has 0 unspecified atom stereocenters. The maximum Gasteiger partial charge on any atom is 0.317 e. The Kier molecular flexibility index (Phi) is 6.25. The Morgan fingerprint density at radius 3 is 2.81 bits per heavy atom. The molecule has 5 heteroatoms. The van der Waals surface area contributed by atoms with Crippen LogP contribution in [0.3, 0.4) is 0 Å². The molecule has 0 aliphatic rings. The Bertz CT molecular complexity index is 828. The molecule has 2 N–H and O–H groups in total. The normalized spacial score (nSPS) is 10.8. The number of aromatic amines is 1. The summed E-state index contributed by atoms with van der Waals surface area (Å²) >= 11 is 0. The molecule has 0 fully saturated rings. The number of unbranched alkanes of at least 4 members (excludes halogenated alkanes) is 1. The first-order valence-corrected chi connectivity index (χ1v) is 9.24. The van der Waals surface area contributed by atoms with E-state index in [4.69, 9.17) is 0 Å². The van der Waals surface area contributed by atoms with E-state index in [1.54, 1.807) is 12.4 Å². The lowest BCUT2D eigenvalue weighted by Crippen LogP contribution is -2.41. The molecule has 5 nitrogen and oxygen atoms in total. The van der Waals surface area contributed by atoms with Gasteiger partial charge in [-0.2, -0.15) is 0 Å². The summed E-state index contributed by atoms with van der Waals surface area (Å²) in [6, 6.07) is 12.2. The van der Waals surface area contributed by atoms with Gasteiger partial charge in [0.05, 0.1) is 0 Å². The van der Waals surface area contributed by atoms with Gasteiger partial charge in [0, 0.05) is 49.1 Å². The molecule has 0 spiro atoms. The van der Waals surface area contributed by atoms with Crippen LogP contribution < -0.4 is 5.32 Å². The molecule has 3 rings (SSSR count). The number of carbonyl (C=O) groups excluding carboxylic acids is 1. The van der Waals surface area contributed by atoms with Crippen LogP contribution in [0, 0.1) is 0 Å². The Hall–Kier alpha value is -2.82. The van der Waals surface area contributed by atoms with Crippen molar-refractivity contribution in [2.24, 2.45) is 0 Å². The highest BCUT2D eigenvalue weighted by Gasteiger charge is 2.14. The standard InChI is InChI=1S/C21H26N4O/c1-2-3-11-23-21(26)25(16-17-8-12-22-13-9-17)14-10-18-15-24-20-7-5-4-6-19(18)20/h4-9,12-13,15,24H,2-3,10-11,14,16H2,1H3,(H,23,26). The summed E-state index contributed by atoms with van der Waals surface area (Å²) in [6.45, 7) is 4.10. The van der Waals surface area contributed by atoms with Crippen LogP contribution in [0.2, 0.25) is 0 Å². The van der Waals surface area contributed by atoms with Gasteiger partial charge in [-0.25, -0.2) is 4.79 Å². The van der Waals surface area contributed by atoms with Gasteiger partial charge >= 0.3 is 6.03 Å². The molecule has 0 aliphatic heterocycles. The Labute approximate surface area is 154 Å². The molecule has 2 amide bonds. The number of aromatic nitrogens is 2. The van der Waals surface area contributed by atoms with Crippen LogP contribution in [0.25, 0.3) is 10.9 Å². The minimum absolute atomic E-state index is 0.00453. The second-order valence-electron chi connectivity index (χ2n) is 6.47. The van der Waals surface area contributed by atoms with Crippen LogP contribution in [-0.4, -0.2) is 34.0 Å². The highest BCUT2D eigenvalue weighted by atomic mass is 16.2. The summed E-state index contributed by atoms with van der Waals surface area (Å²) in [6.07, 6.45) is 8.46. The number of hydrogen-bond acceptors (Lipinski definition) is 2. The molecular weight excluding hydrogens is 324 g/mol. The fourth-order valence-electron chi connectivity index (χ4n) is 3.04. The molecule has 0 saturated heterocycles. The molecule has 0 bridgehead atoms. The number of amides is 2. The van der Waals surface area contributed by atoms with Crippen molar-refractivity contribution in [3.63, 3.8) is 0 Å². The molecule has 0 aliphatic carbocycles. The third-order valence-electron chi connectivity index (χ3n) is 4.54. The van der Waals surface area contributed by atoms with Gasteiger partial charge in [0.15, 0.2) is 0 Å². The van der Waals surface area contributed by atoms with Gasteiger partial charge in [0.2, 0.25) is 0 Å². The smallest absolute Gasteiger partial charge is 0.317 e. The first-order chi connectivity index (χ1) is 12.8. The summed E-state index contributed by atoms with van der Waals surface area (Å²) in [5.41, 5.74) is 3.46. The average Bonchev–Trinajstić information content (AvgIpc) is 3.09. The highest BCUT2D eigenvalue weighted by molar-refractivity contribution is 5.83. The molecule has 0 radical (unpaired) electrons. The number of H-pyrrole nitrogens is 1. The summed E-state index contributed by atoms with van der Waals surface area (Å²) in [5.74, 6) is 0. The molecule has 2 aromatic heterocycles. The van der Waals surface area contributed by atoms with Gasteiger partial charge in [0.25, 0.3) is 0 Å². The largest absolute Gasteiger partial charge is 0.361 e. The number of nitrogens with one attached hydrogen (secondary N) is 2. The van der Waals surface area contributed by atoms with Gasteiger partial charge in [-0.15, -0.1) is 0 Å². The second kappa shape index (κ2) is 9.04. The van der Waals surface area contributed by atoms with Crippen LogP contribution in [-0.2, 0) is 13.0 Å². The number of pyridine rings is 1. The summed E-state index contributed by atoms with van der Waals surface area (Å²) < 4.78 is 0. The zero-order valence-electron chi connectivity index (χ0n) is 15.2. The second-order valence-corrected chi connectivity index (χ2v) is 6.47. The van der Waals surface area contributed by atoms with Crippen LogP contribution in [0.15, 0.2) is 55.0 Å². The van der Waals surface area contributed by atoms with Gasteiger partial charge in [-0.05, 0) is 42.2 Å². The lowest BCUT2D eigenvalue weighted by Gasteiger charge is -2.23.